The van der Waals surface area contributed by atoms with E-state index in [0.29, 0.717) is 18.2 Å². The van der Waals surface area contributed by atoms with Gasteiger partial charge in [-0.05, 0) is 24.8 Å². The highest BCUT2D eigenvalue weighted by molar-refractivity contribution is 5.76. The van der Waals surface area contributed by atoms with E-state index < -0.39 is 0 Å². The van der Waals surface area contributed by atoms with Crippen molar-refractivity contribution < 1.29 is 4.79 Å². The van der Waals surface area contributed by atoms with Crippen molar-refractivity contribution in [3.8, 4) is 0 Å². The first-order valence-electron chi connectivity index (χ1n) is 6.64. The van der Waals surface area contributed by atoms with E-state index in [4.69, 9.17) is 0 Å². The Balaban J connectivity index is 2.00. The molecule has 17 heavy (non-hydrogen) atoms. The summed E-state index contributed by atoms with van der Waals surface area (Å²) in [5, 5.41) is 0. The molecule has 0 unspecified atom stereocenters. The van der Waals surface area contributed by atoms with Crippen LogP contribution in [0.15, 0.2) is 30.3 Å². The monoisotopic (exact) mass is 231 g/mol. The molecule has 0 saturated carbocycles. The standard InChI is InChI=1S/C15H21NO/c1-2-7-15(17)16-11-6-10-14(12-16)13-8-4-3-5-9-13/h3-5,8-9,14H,2,6-7,10-12H2,1H3/t14-/m1/s1. The summed E-state index contributed by atoms with van der Waals surface area (Å²) in [6.07, 6.45) is 3.99. The topological polar surface area (TPSA) is 20.3 Å². The van der Waals surface area contributed by atoms with Gasteiger partial charge < -0.3 is 4.90 Å². The largest absolute Gasteiger partial charge is 0.342 e. The zero-order chi connectivity index (χ0) is 12.1. The van der Waals surface area contributed by atoms with Gasteiger partial charge in [-0.3, -0.25) is 4.79 Å². The second-order valence-electron chi connectivity index (χ2n) is 4.84. The first-order valence-corrected chi connectivity index (χ1v) is 6.64. The maximum absolute atomic E-state index is 11.9. The molecule has 92 valence electrons. The zero-order valence-electron chi connectivity index (χ0n) is 10.6. The fourth-order valence-electron chi connectivity index (χ4n) is 2.57. The van der Waals surface area contributed by atoms with E-state index in [1.807, 2.05) is 11.0 Å². The molecule has 1 amide bonds. The lowest BCUT2D eigenvalue weighted by Gasteiger charge is -2.33. The summed E-state index contributed by atoms with van der Waals surface area (Å²) in [4.78, 5) is 13.9. The van der Waals surface area contributed by atoms with Crippen LogP contribution in [0.2, 0.25) is 0 Å². The van der Waals surface area contributed by atoms with Gasteiger partial charge in [0.15, 0.2) is 0 Å². The third-order valence-corrected chi connectivity index (χ3v) is 3.51. The van der Waals surface area contributed by atoms with Crippen LogP contribution in [0.4, 0.5) is 0 Å². The molecule has 1 heterocycles. The third kappa shape index (κ3) is 3.09. The lowest BCUT2D eigenvalue weighted by molar-refractivity contribution is -0.132. The molecule has 0 N–H and O–H groups in total. The van der Waals surface area contributed by atoms with Gasteiger partial charge in [-0.1, -0.05) is 37.3 Å². The molecule has 0 aliphatic carbocycles. The van der Waals surface area contributed by atoms with Crippen molar-refractivity contribution in [1.82, 2.24) is 4.90 Å². The Morgan fingerprint density at radius 3 is 2.82 bits per heavy atom. The molecule has 1 aromatic carbocycles. The van der Waals surface area contributed by atoms with Gasteiger partial charge in [0.05, 0.1) is 0 Å². The van der Waals surface area contributed by atoms with Crippen LogP contribution in [0.1, 0.15) is 44.1 Å². The molecule has 0 spiro atoms. The van der Waals surface area contributed by atoms with Gasteiger partial charge in [0.25, 0.3) is 0 Å². The fraction of sp³-hybridized carbons (Fsp3) is 0.533. The summed E-state index contributed by atoms with van der Waals surface area (Å²) in [6.45, 7) is 3.92. The Morgan fingerprint density at radius 2 is 2.12 bits per heavy atom. The minimum absolute atomic E-state index is 0.327. The summed E-state index contributed by atoms with van der Waals surface area (Å²) in [5.74, 6) is 0.860. The van der Waals surface area contributed by atoms with Crippen molar-refractivity contribution >= 4 is 5.91 Å². The minimum atomic E-state index is 0.327. The molecule has 2 nitrogen and oxygen atoms in total. The SMILES string of the molecule is CCCC(=O)N1CCC[C@@H](c2ccccc2)C1. The van der Waals surface area contributed by atoms with Crippen molar-refractivity contribution in [1.29, 1.82) is 0 Å². The van der Waals surface area contributed by atoms with Gasteiger partial charge in [-0.25, -0.2) is 0 Å². The highest BCUT2D eigenvalue weighted by Crippen LogP contribution is 2.26. The van der Waals surface area contributed by atoms with Crippen LogP contribution >= 0.6 is 0 Å². The van der Waals surface area contributed by atoms with Crippen molar-refractivity contribution in [2.75, 3.05) is 13.1 Å². The van der Waals surface area contributed by atoms with Crippen LogP contribution in [0.3, 0.4) is 0 Å². The van der Waals surface area contributed by atoms with Gasteiger partial charge in [0.1, 0.15) is 0 Å². The molecule has 1 fully saturated rings. The highest BCUT2D eigenvalue weighted by atomic mass is 16.2. The first kappa shape index (κ1) is 12.2. The third-order valence-electron chi connectivity index (χ3n) is 3.51. The number of carbonyl (C=O) groups is 1. The summed E-state index contributed by atoms with van der Waals surface area (Å²) in [5.41, 5.74) is 1.38. The van der Waals surface area contributed by atoms with Crippen molar-refractivity contribution in [3.63, 3.8) is 0 Å². The number of hydrogen-bond acceptors (Lipinski definition) is 1. The van der Waals surface area contributed by atoms with E-state index in [1.54, 1.807) is 0 Å². The molecule has 1 aliphatic heterocycles. The predicted octanol–water partition coefficient (Wildman–Crippen LogP) is 3.19. The number of rotatable bonds is 3. The first-order chi connectivity index (χ1) is 8.31. The van der Waals surface area contributed by atoms with E-state index in [1.165, 1.54) is 12.0 Å². The minimum Gasteiger partial charge on any atom is -0.342 e. The fourth-order valence-corrected chi connectivity index (χ4v) is 2.57. The second-order valence-corrected chi connectivity index (χ2v) is 4.84. The van der Waals surface area contributed by atoms with Gasteiger partial charge in [-0.2, -0.15) is 0 Å². The lowest BCUT2D eigenvalue weighted by atomic mass is 9.90. The summed E-state index contributed by atoms with van der Waals surface area (Å²) in [6, 6.07) is 10.6. The van der Waals surface area contributed by atoms with Gasteiger partial charge >= 0.3 is 0 Å². The molecule has 1 aliphatic rings. The molecule has 1 atom stereocenters. The number of hydrogen-bond donors (Lipinski definition) is 0. The number of piperidine rings is 1. The van der Waals surface area contributed by atoms with Gasteiger partial charge in [0.2, 0.25) is 5.91 Å². The Hall–Kier alpha value is -1.31. The molecule has 0 radical (unpaired) electrons. The predicted molar refractivity (Wildman–Crippen MR) is 69.9 cm³/mol. The summed E-state index contributed by atoms with van der Waals surface area (Å²) in [7, 11) is 0. The number of likely N-dealkylation sites (tertiary alicyclic amines) is 1. The summed E-state index contributed by atoms with van der Waals surface area (Å²) < 4.78 is 0. The molecule has 0 bridgehead atoms. The van der Waals surface area contributed by atoms with Crippen molar-refractivity contribution in [2.24, 2.45) is 0 Å². The van der Waals surface area contributed by atoms with Crippen LogP contribution in [-0.4, -0.2) is 23.9 Å². The van der Waals surface area contributed by atoms with Crippen LogP contribution in [-0.2, 0) is 4.79 Å². The quantitative estimate of drug-likeness (QED) is 0.782. The zero-order valence-corrected chi connectivity index (χ0v) is 10.6. The van der Waals surface area contributed by atoms with E-state index in [9.17, 15) is 4.79 Å². The van der Waals surface area contributed by atoms with Crippen LogP contribution in [0, 0.1) is 0 Å². The van der Waals surface area contributed by atoms with Crippen LogP contribution in [0.5, 0.6) is 0 Å². The lowest BCUT2D eigenvalue weighted by Crippen LogP contribution is -2.38. The van der Waals surface area contributed by atoms with Gasteiger partial charge in [0, 0.05) is 25.4 Å². The Kier molecular flexibility index (Phi) is 4.18. The smallest absolute Gasteiger partial charge is 0.222 e. The average Bonchev–Trinajstić information content (AvgIpc) is 2.40. The molecule has 2 heteroatoms. The molecular formula is C15H21NO. The number of amides is 1. The molecule has 2 rings (SSSR count). The maximum Gasteiger partial charge on any atom is 0.222 e. The Labute approximate surface area is 104 Å². The van der Waals surface area contributed by atoms with Crippen molar-refractivity contribution in [2.45, 2.75) is 38.5 Å². The normalized spacial score (nSPS) is 20.3. The Morgan fingerprint density at radius 1 is 1.35 bits per heavy atom. The summed E-state index contributed by atoms with van der Waals surface area (Å²) >= 11 is 0. The van der Waals surface area contributed by atoms with Gasteiger partial charge in [-0.15, -0.1) is 0 Å². The van der Waals surface area contributed by atoms with Crippen molar-refractivity contribution in [3.05, 3.63) is 35.9 Å². The molecule has 1 aromatic rings. The van der Waals surface area contributed by atoms with Crippen LogP contribution < -0.4 is 0 Å². The highest BCUT2D eigenvalue weighted by Gasteiger charge is 2.23. The number of nitrogens with zero attached hydrogens (tertiary/aromatic N) is 1. The molecular weight excluding hydrogens is 210 g/mol. The van der Waals surface area contributed by atoms with E-state index in [-0.39, 0.29) is 0 Å². The second kappa shape index (κ2) is 5.85. The number of carbonyl (C=O) groups excluding carboxylic acids is 1. The molecule has 0 aromatic heterocycles. The molecule has 1 saturated heterocycles. The van der Waals surface area contributed by atoms with E-state index in [0.717, 1.165) is 25.9 Å². The van der Waals surface area contributed by atoms with E-state index in [2.05, 4.69) is 31.2 Å². The Bertz CT molecular complexity index is 360. The van der Waals surface area contributed by atoms with E-state index >= 15 is 0 Å². The maximum atomic E-state index is 11.9. The van der Waals surface area contributed by atoms with Crippen LogP contribution in [0.25, 0.3) is 0 Å². The average molecular weight is 231 g/mol. The number of benzene rings is 1.